The van der Waals surface area contributed by atoms with Crippen LogP contribution in [0.5, 0.6) is 0 Å². The summed E-state index contributed by atoms with van der Waals surface area (Å²) >= 11 is 0. The molecule has 2 atom stereocenters. The van der Waals surface area contributed by atoms with Gasteiger partial charge in [-0.05, 0) is 37.5 Å². The lowest BCUT2D eigenvalue weighted by Crippen LogP contribution is -2.28. The molecule has 0 aliphatic heterocycles. The van der Waals surface area contributed by atoms with E-state index in [1.807, 2.05) is 6.92 Å². The monoisotopic (exact) mass is 183 g/mol. The fraction of sp³-hybridized carbons (Fsp3) is 0.900. The van der Waals surface area contributed by atoms with E-state index in [1.54, 1.807) is 0 Å². The lowest BCUT2D eigenvalue weighted by molar-refractivity contribution is -0.143. The highest BCUT2D eigenvalue weighted by atomic mass is 16.5. The smallest absolute Gasteiger partial charge is 0.307 e. The van der Waals surface area contributed by atoms with Crippen LogP contribution in [0.3, 0.4) is 0 Å². The predicted molar refractivity (Wildman–Crippen MR) is 49.0 cm³/mol. The Kier molecular flexibility index (Phi) is 2.06. The summed E-state index contributed by atoms with van der Waals surface area (Å²) < 4.78 is 4.86. The van der Waals surface area contributed by atoms with Crippen molar-refractivity contribution in [2.75, 3.05) is 6.61 Å². The minimum Gasteiger partial charge on any atom is -0.466 e. The number of nitrogens with two attached hydrogens (primary N) is 1. The van der Waals surface area contributed by atoms with E-state index in [-0.39, 0.29) is 12.0 Å². The number of ether oxygens (including phenoxy) is 1. The zero-order valence-corrected chi connectivity index (χ0v) is 8.08. The van der Waals surface area contributed by atoms with Gasteiger partial charge in [0.2, 0.25) is 0 Å². The van der Waals surface area contributed by atoms with Gasteiger partial charge in [-0.1, -0.05) is 0 Å². The minimum atomic E-state index is -0.141. The summed E-state index contributed by atoms with van der Waals surface area (Å²) in [5.41, 5.74) is 6.51. The summed E-state index contributed by atoms with van der Waals surface area (Å²) in [7, 11) is 0. The molecule has 2 aliphatic carbocycles. The van der Waals surface area contributed by atoms with Gasteiger partial charge in [0.25, 0.3) is 0 Å². The molecule has 2 unspecified atom stereocenters. The number of carbonyl (C=O) groups is 1. The lowest BCUT2D eigenvalue weighted by atomic mass is 10.1. The van der Waals surface area contributed by atoms with E-state index in [0.717, 1.165) is 0 Å². The van der Waals surface area contributed by atoms with E-state index in [4.69, 9.17) is 10.5 Å². The van der Waals surface area contributed by atoms with Gasteiger partial charge in [-0.25, -0.2) is 0 Å². The van der Waals surface area contributed by atoms with Gasteiger partial charge in [0.05, 0.1) is 13.0 Å². The SMILES string of the molecule is CCOC(=O)CC(N)C1CC12CC2. The molecule has 0 aromatic rings. The van der Waals surface area contributed by atoms with Gasteiger partial charge in [-0.2, -0.15) is 0 Å². The minimum absolute atomic E-state index is 0.0431. The van der Waals surface area contributed by atoms with Crippen LogP contribution in [0, 0.1) is 11.3 Å². The maximum Gasteiger partial charge on any atom is 0.307 e. The quantitative estimate of drug-likeness (QED) is 0.663. The average molecular weight is 183 g/mol. The van der Waals surface area contributed by atoms with Crippen LogP contribution >= 0.6 is 0 Å². The molecule has 2 aliphatic rings. The molecule has 0 radical (unpaired) electrons. The van der Waals surface area contributed by atoms with Crippen LogP contribution < -0.4 is 5.73 Å². The van der Waals surface area contributed by atoms with Crippen molar-refractivity contribution in [1.82, 2.24) is 0 Å². The molecule has 0 bridgehead atoms. The molecule has 3 nitrogen and oxygen atoms in total. The predicted octanol–water partition coefficient (Wildman–Crippen LogP) is 1.07. The van der Waals surface area contributed by atoms with Gasteiger partial charge in [-0.15, -0.1) is 0 Å². The summed E-state index contributed by atoms with van der Waals surface area (Å²) in [5, 5.41) is 0. The largest absolute Gasteiger partial charge is 0.466 e. The molecule has 0 saturated heterocycles. The molecule has 2 rings (SSSR count). The number of hydrogen-bond donors (Lipinski definition) is 1. The third kappa shape index (κ3) is 1.70. The fourth-order valence-electron chi connectivity index (χ4n) is 2.27. The van der Waals surface area contributed by atoms with Crippen LogP contribution in [0.25, 0.3) is 0 Å². The van der Waals surface area contributed by atoms with Crippen molar-refractivity contribution in [2.45, 2.75) is 38.6 Å². The first-order chi connectivity index (χ1) is 6.18. The molecule has 2 N–H and O–H groups in total. The third-order valence-corrected chi connectivity index (χ3v) is 3.37. The van der Waals surface area contributed by atoms with Crippen LogP contribution in [0.2, 0.25) is 0 Å². The van der Waals surface area contributed by atoms with Gasteiger partial charge in [0.15, 0.2) is 0 Å². The lowest BCUT2D eigenvalue weighted by Gasteiger charge is -2.09. The van der Waals surface area contributed by atoms with Crippen molar-refractivity contribution in [3.05, 3.63) is 0 Å². The Morgan fingerprint density at radius 3 is 2.85 bits per heavy atom. The van der Waals surface area contributed by atoms with Crippen molar-refractivity contribution in [2.24, 2.45) is 17.1 Å². The number of rotatable bonds is 4. The average Bonchev–Trinajstić information content (AvgIpc) is 2.93. The molecule has 13 heavy (non-hydrogen) atoms. The Morgan fingerprint density at radius 2 is 2.38 bits per heavy atom. The molecule has 0 aromatic heterocycles. The highest BCUT2D eigenvalue weighted by molar-refractivity contribution is 5.70. The van der Waals surface area contributed by atoms with Crippen molar-refractivity contribution in [1.29, 1.82) is 0 Å². The first kappa shape index (κ1) is 9.00. The Bertz CT molecular complexity index is 223. The summed E-state index contributed by atoms with van der Waals surface area (Å²) in [6.07, 6.45) is 4.30. The van der Waals surface area contributed by atoms with Crippen LogP contribution in [-0.2, 0) is 9.53 Å². The Morgan fingerprint density at radius 1 is 1.69 bits per heavy atom. The van der Waals surface area contributed by atoms with Crippen molar-refractivity contribution < 1.29 is 9.53 Å². The van der Waals surface area contributed by atoms with E-state index < -0.39 is 0 Å². The molecule has 0 aromatic carbocycles. The maximum atomic E-state index is 11.1. The number of hydrogen-bond acceptors (Lipinski definition) is 3. The second-order valence-electron chi connectivity index (χ2n) is 4.35. The standard InChI is InChI=1S/C10H17NO2/c1-2-13-9(12)5-8(11)7-6-10(7)3-4-10/h7-8H,2-6,11H2,1H3. The van der Waals surface area contributed by atoms with Crippen molar-refractivity contribution >= 4 is 5.97 Å². The summed E-state index contributed by atoms with van der Waals surface area (Å²) in [6.45, 7) is 2.28. The van der Waals surface area contributed by atoms with Crippen LogP contribution in [-0.4, -0.2) is 18.6 Å². The molecular weight excluding hydrogens is 166 g/mol. The van der Waals surface area contributed by atoms with Crippen molar-refractivity contribution in [3.63, 3.8) is 0 Å². The normalized spacial score (nSPS) is 29.8. The van der Waals surface area contributed by atoms with Gasteiger partial charge < -0.3 is 10.5 Å². The Labute approximate surface area is 78.6 Å². The fourth-order valence-corrected chi connectivity index (χ4v) is 2.27. The van der Waals surface area contributed by atoms with E-state index in [2.05, 4.69) is 0 Å². The second kappa shape index (κ2) is 2.98. The third-order valence-electron chi connectivity index (χ3n) is 3.37. The molecule has 0 heterocycles. The van der Waals surface area contributed by atoms with Gasteiger partial charge in [0, 0.05) is 6.04 Å². The maximum absolute atomic E-state index is 11.1. The first-order valence-electron chi connectivity index (χ1n) is 5.09. The summed E-state index contributed by atoms with van der Waals surface area (Å²) in [4.78, 5) is 11.1. The summed E-state index contributed by atoms with van der Waals surface area (Å²) in [5.74, 6) is 0.467. The number of esters is 1. The van der Waals surface area contributed by atoms with Crippen LogP contribution in [0.15, 0.2) is 0 Å². The summed E-state index contributed by atoms with van der Waals surface area (Å²) in [6, 6.07) is 0.0431. The van der Waals surface area contributed by atoms with Crippen LogP contribution in [0.4, 0.5) is 0 Å². The van der Waals surface area contributed by atoms with E-state index in [0.29, 0.717) is 24.4 Å². The van der Waals surface area contributed by atoms with Crippen molar-refractivity contribution in [3.8, 4) is 0 Å². The highest BCUT2D eigenvalue weighted by Gasteiger charge is 2.64. The topological polar surface area (TPSA) is 52.3 Å². The van der Waals surface area contributed by atoms with E-state index in [9.17, 15) is 4.79 Å². The van der Waals surface area contributed by atoms with E-state index in [1.165, 1.54) is 19.3 Å². The molecular formula is C10H17NO2. The van der Waals surface area contributed by atoms with Crippen LogP contribution in [0.1, 0.15) is 32.6 Å². The zero-order chi connectivity index (χ0) is 9.47. The second-order valence-corrected chi connectivity index (χ2v) is 4.35. The molecule has 2 fully saturated rings. The van der Waals surface area contributed by atoms with E-state index >= 15 is 0 Å². The molecule has 3 heteroatoms. The van der Waals surface area contributed by atoms with Gasteiger partial charge >= 0.3 is 5.97 Å². The highest BCUT2D eigenvalue weighted by Crippen LogP contribution is 2.71. The number of carbonyl (C=O) groups excluding carboxylic acids is 1. The molecule has 2 saturated carbocycles. The zero-order valence-electron chi connectivity index (χ0n) is 8.08. The van der Waals surface area contributed by atoms with Gasteiger partial charge in [-0.3, -0.25) is 4.79 Å². The molecule has 1 spiro atoms. The molecule has 74 valence electrons. The Balaban J connectivity index is 1.72. The Hall–Kier alpha value is -0.570. The molecule has 0 amide bonds. The van der Waals surface area contributed by atoms with Gasteiger partial charge in [0.1, 0.15) is 0 Å². The first-order valence-corrected chi connectivity index (χ1v) is 5.09.